The lowest BCUT2D eigenvalue weighted by molar-refractivity contribution is 0.0949. The summed E-state index contributed by atoms with van der Waals surface area (Å²) in [6.07, 6.45) is 8.88. The van der Waals surface area contributed by atoms with Gasteiger partial charge in [-0.2, -0.15) is 0 Å². The van der Waals surface area contributed by atoms with Gasteiger partial charge in [0.25, 0.3) is 11.5 Å². The smallest absolute Gasteiger partial charge is 0.325 e. The maximum absolute atomic E-state index is 12.2. The Kier molecular flexibility index (Phi) is 5.50. The van der Waals surface area contributed by atoms with Crippen molar-refractivity contribution in [3.63, 3.8) is 0 Å². The van der Waals surface area contributed by atoms with Crippen LogP contribution in [-0.4, -0.2) is 33.9 Å². The van der Waals surface area contributed by atoms with Crippen LogP contribution in [0.25, 0.3) is 0 Å². The van der Waals surface area contributed by atoms with Gasteiger partial charge in [0.05, 0.1) is 0 Å². The standard InChI is InChI=1S/C18H23N5O3/c1-23(13-7-3-2-4-8-13)15-12(6-5-9-19-15)10-20-16(24)14-11-21-18(26)22-17(14)25/h5-6,9,11,13H,2-4,7-8,10H2,1H3,(H,20,24)(H2,21,22,25,26). The molecule has 8 heteroatoms. The highest BCUT2D eigenvalue weighted by atomic mass is 16.2. The molecule has 0 bridgehead atoms. The van der Waals surface area contributed by atoms with E-state index in [-0.39, 0.29) is 12.1 Å². The molecular formula is C18H23N5O3. The Bertz CT molecular complexity index is 883. The Hall–Kier alpha value is -2.90. The zero-order valence-electron chi connectivity index (χ0n) is 14.7. The third-order valence-corrected chi connectivity index (χ3v) is 4.83. The predicted octanol–water partition coefficient (Wildman–Crippen LogP) is 1.16. The molecule has 138 valence electrons. The van der Waals surface area contributed by atoms with Crippen molar-refractivity contribution in [1.82, 2.24) is 20.3 Å². The van der Waals surface area contributed by atoms with E-state index in [1.807, 2.05) is 24.2 Å². The van der Waals surface area contributed by atoms with E-state index >= 15 is 0 Å². The summed E-state index contributed by atoms with van der Waals surface area (Å²) in [5.41, 5.74) is -0.599. The van der Waals surface area contributed by atoms with Gasteiger partial charge in [-0.1, -0.05) is 25.3 Å². The van der Waals surface area contributed by atoms with Gasteiger partial charge in [-0.05, 0) is 18.9 Å². The molecule has 2 heterocycles. The van der Waals surface area contributed by atoms with Crippen molar-refractivity contribution in [1.29, 1.82) is 0 Å². The largest absolute Gasteiger partial charge is 0.356 e. The number of rotatable bonds is 5. The van der Waals surface area contributed by atoms with Gasteiger partial charge in [0.15, 0.2) is 0 Å². The number of amides is 1. The van der Waals surface area contributed by atoms with E-state index in [4.69, 9.17) is 0 Å². The number of carbonyl (C=O) groups is 1. The number of pyridine rings is 1. The van der Waals surface area contributed by atoms with Gasteiger partial charge in [-0.25, -0.2) is 9.78 Å². The van der Waals surface area contributed by atoms with E-state index in [0.717, 1.165) is 30.4 Å². The van der Waals surface area contributed by atoms with Gasteiger partial charge in [0, 0.05) is 37.6 Å². The molecule has 0 radical (unpaired) electrons. The van der Waals surface area contributed by atoms with Crippen LogP contribution in [0.5, 0.6) is 0 Å². The third-order valence-electron chi connectivity index (χ3n) is 4.83. The highest BCUT2D eigenvalue weighted by molar-refractivity contribution is 5.93. The molecule has 0 unspecified atom stereocenters. The van der Waals surface area contributed by atoms with Crippen LogP contribution in [-0.2, 0) is 6.54 Å². The van der Waals surface area contributed by atoms with Gasteiger partial charge < -0.3 is 15.2 Å². The van der Waals surface area contributed by atoms with Gasteiger partial charge >= 0.3 is 5.69 Å². The minimum atomic E-state index is -0.711. The monoisotopic (exact) mass is 357 g/mol. The van der Waals surface area contributed by atoms with E-state index < -0.39 is 17.2 Å². The summed E-state index contributed by atoms with van der Waals surface area (Å²) in [5, 5.41) is 2.73. The second-order valence-electron chi connectivity index (χ2n) is 6.56. The molecule has 0 aliphatic heterocycles. The highest BCUT2D eigenvalue weighted by Gasteiger charge is 2.21. The van der Waals surface area contributed by atoms with Crippen molar-refractivity contribution in [2.24, 2.45) is 0 Å². The second kappa shape index (κ2) is 7.99. The van der Waals surface area contributed by atoms with Crippen molar-refractivity contribution >= 4 is 11.7 Å². The molecule has 0 atom stereocenters. The van der Waals surface area contributed by atoms with Gasteiger partial charge in [0.2, 0.25) is 0 Å². The summed E-state index contributed by atoms with van der Waals surface area (Å²) in [4.78, 5) is 46.0. The molecule has 2 aromatic heterocycles. The summed E-state index contributed by atoms with van der Waals surface area (Å²) >= 11 is 0. The van der Waals surface area contributed by atoms with Crippen molar-refractivity contribution in [3.8, 4) is 0 Å². The predicted molar refractivity (Wildman–Crippen MR) is 98.4 cm³/mol. The number of anilines is 1. The number of nitrogens with zero attached hydrogens (tertiary/aromatic N) is 2. The number of hydrogen-bond donors (Lipinski definition) is 3. The van der Waals surface area contributed by atoms with Crippen LogP contribution in [0.1, 0.15) is 48.0 Å². The minimum absolute atomic E-state index is 0.129. The van der Waals surface area contributed by atoms with Crippen molar-refractivity contribution < 1.29 is 4.79 Å². The molecule has 26 heavy (non-hydrogen) atoms. The van der Waals surface area contributed by atoms with Crippen molar-refractivity contribution in [2.45, 2.75) is 44.7 Å². The number of aromatic nitrogens is 3. The highest BCUT2D eigenvalue weighted by Crippen LogP contribution is 2.26. The first-order chi connectivity index (χ1) is 12.6. The van der Waals surface area contributed by atoms with Crippen LogP contribution >= 0.6 is 0 Å². The lowest BCUT2D eigenvalue weighted by Gasteiger charge is -2.33. The molecule has 1 amide bonds. The summed E-state index contributed by atoms with van der Waals surface area (Å²) in [6.45, 7) is 0.248. The summed E-state index contributed by atoms with van der Waals surface area (Å²) in [6, 6.07) is 4.20. The first kappa shape index (κ1) is 17.9. The van der Waals surface area contributed by atoms with Gasteiger partial charge in [0.1, 0.15) is 11.4 Å². The lowest BCUT2D eigenvalue weighted by atomic mass is 9.94. The summed E-state index contributed by atoms with van der Waals surface area (Å²) in [7, 11) is 2.04. The molecule has 0 spiro atoms. The first-order valence-electron chi connectivity index (χ1n) is 8.83. The zero-order chi connectivity index (χ0) is 18.5. The Morgan fingerprint density at radius 3 is 2.81 bits per heavy atom. The van der Waals surface area contributed by atoms with Crippen LogP contribution in [0, 0.1) is 0 Å². The SMILES string of the molecule is CN(c1ncccc1CNC(=O)c1c[nH]c(=O)[nH]c1=O)C1CCCCC1. The molecule has 2 aromatic rings. The Morgan fingerprint density at radius 1 is 1.31 bits per heavy atom. The number of H-pyrrole nitrogens is 2. The molecular weight excluding hydrogens is 334 g/mol. The van der Waals surface area contributed by atoms with Crippen molar-refractivity contribution in [2.75, 3.05) is 11.9 Å². The summed E-state index contributed by atoms with van der Waals surface area (Å²) < 4.78 is 0. The average molecular weight is 357 g/mol. The van der Waals surface area contributed by atoms with Crippen LogP contribution in [0.15, 0.2) is 34.1 Å². The van der Waals surface area contributed by atoms with Crippen molar-refractivity contribution in [3.05, 3.63) is 56.5 Å². The fourth-order valence-electron chi connectivity index (χ4n) is 3.38. The fraction of sp³-hybridized carbons (Fsp3) is 0.444. The zero-order valence-corrected chi connectivity index (χ0v) is 14.7. The molecule has 1 aliphatic rings. The molecule has 3 rings (SSSR count). The number of carbonyl (C=O) groups excluding carboxylic acids is 1. The minimum Gasteiger partial charge on any atom is -0.356 e. The van der Waals surface area contributed by atoms with Crippen LogP contribution < -0.4 is 21.5 Å². The number of hydrogen-bond acceptors (Lipinski definition) is 5. The Labute approximate surface area is 150 Å². The lowest BCUT2D eigenvalue weighted by Crippen LogP contribution is -2.36. The molecule has 1 saturated carbocycles. The topological polar surface area (TPSA) is 111 Å². The van der Waals surface area contributed by atoms with Crippen LogP contribution in [0.4, 0.5) is 5.82 Å². The van der Waals surface area contributed by atoms with E-state index in [0.29, 0.717) is 6.04 Å². The third kappa shape index (κ3) is 4.01. The van der Waals surface area contributed by atoms with Crippen LogP contribution in [0.3, 0.4) is 0 Å². The Balaban J connectivity index is 1.73. The maximum atomic E-state index is 12.2. The average Bonchev–Trinajstić information content (AvgIpc) is 2.66. The van der Waals surface area contributed by atoms with Gasteiger partial charge in [-0.15, -0.1) is 0 Å². The number of aromatic amines is 2. The van der Waals surface area contributed by atoms with Crippen LogP contribution in [0.2, 0.25) is 0 Å². The molecule has 0 aromatic carbocycles. The maximum Gasteiger partial charge on any atom is 0.325 e. The Morgan fingerprint density at radius 2 is 2.08 bits per heavy atom. The summed E-state index contributed by atoms with van der Waals surface area (Å²) in [5.74, 6) is 0.299. The molecule has 1 aliphatic carbocycles. The molecule has 0 saturated heterocycles. The molecule has 8 nitrogen and oxygen atoms in total. The van der Waals surface area contributed by atoms with E-state index in [9.17, 15) is 14.4 Å². The van der Waals surface area contributed by atoms with E-state index in [2.05, 4.69) is 20.2 Å². The molecule has 1 fully saturated rings. The first-order valence-corrected chi connectivity index (χ1v) is 8.83. The van der Waals surface area contributed by atoms with E-state index in [1.165, 1.54) is 19.3 Å². The molecule has 3 N–H and O–H groups in total. The van der Waals surface area contributed by atoms with E-state index in [1.54, 1.807) is 6.20 Å². The second-order valence-corrected chi connectivity index (χ2v) is 6.56. The normalized spacial score (nSPS) is 14.8. The number of nitrogens with one attached hydrogen (secondary N) is 3. The quantitative estimate of drug-likeness (QED) is 0.743. The van der Waals surface area contributed by atoms with Gasteiger partial charge in [-0.3, -0.25) is 14.6 Å². The fourth-order valence-corrected chi connectivity index (χ4v) is 3.38.